The zero-order chi connectivity index (χ0) is 24.2. The average Bonchev–Trinajstić information content (AvgIpc) is 2.82. The van der Waals surface area contributed by atoms with Gasteiger partial charge in [0.15, 0.2) is 0 Å². The van der Waals surface area contributed by atoms with Crippen molar-refractivity contribution in [3.05, 3.63) is 105 Å². The van der Waals surface area contributed by atoms with Crippen molar-refractivity contribution < 1.29 is 28.4 Å². The Labute approximate surface area is 192 Å². The number of carbonyl (C=O) groups is 3. The molecule has 0 aromatic heterocycles. The van der Waals surface area contributed by atoms with Gasteiger partial charge in [0, 0.05) is 17.7 Å². The second-order valence-corrected chi connectivity index (χ2v) is 7.19. The Morgan fingerprint density at radius 1 is 1.00 bits per heavy atom. The molecule has 4 rings (SSSR count). The van der Waals surface area contributed by atoms with Gasteiger partial charge in [-0.05, 0) is 42.0 Å². The summed E-state index contributed by atoms with van der Waals surface area (Å²) in [4.78, 5) is 48.9. The number of amides is 4. The number of non-ortho nitro benzene ring substituents is 1. The molecule has 4 amide bonds. The first-order chi connectivity index (χ1) is 16.3. The number of hydrogen-bond donors (Lipinski definition) is 1. The lowest BCUT2D eigenvalue weighted by Gasteiger charge is -2.26. The number of nitro benzene ring substituents is 1. The SMILES string of the molecule is O=C1NC(=O)N(c2ccc(F)cc2)C(=O)/C1=C/c1ccccc1OCc1cccc([N+](=O)[O-])c1. The van der Waals surface area contributed by atoms with E-state index in [2.05, 4.69) is 5.32 Å². The Morgan fingerprint density at radius 3 is 2.47 bits per heavy atom. The second kappa shape index (κ2) is 9.33. The van der Waals surface area contributed by atoms with E-state index in [1.54, 1.807) is 30.3 Å². The molecule has 1 saturated heterocycles. The van der Waals surface area contributed by atoms with Gasteiger partial charge in [-0.15, -0.1) is 0 Å². The van der Waals surface area contributed by atoms with Crippen molar-refractivity contribution in [2.24, 2.45) is 0 Å². The Morgan fingerprint density at radius 2 is 1.74 bits per heavy atom. The summed E-state index contributed by atoms with van der Waals surface area (Å²) in [5.41, 5.74) is 0.621. The molecule has 170 valence electrons. The van der Waals surface area contributed by atoms with Crippen molar-refractivity contribution in [1.82, 2.24) is 5.32 Å². The van der Waals surface area contributed by atoms with E-state index in [1.165, 1.54) is 36.4 Å². The Kier molecular flexibility index (Phi) is 6.13. The molecule has 0 saturated carbocycles. The van der Waals surface area contributed by atoms with Crippen molar-refractivity contribution >= 4 is 35.3 Å². The molecule has 3 aromatic carbocycles. The molecule has 1 fully saturated rings. The first-order valence-electron chi connectivity index (χ1n) is 9.95. The minimum atomic E-state index is -0.950. The number of carbonyl (C=O) groups excluding carboxylic acids is 3. The van der Waals surface area contributed by atoms with Crippen LogP contribution in [0.15, 0.2) is 78.4 Å². The van der Waals surface area contributed by atoms with Crippen LogP contribution in [0.2, 0.25) is 0 Å². The van der Waals surface area contributed by atoms with Crippen molar-refractivity contribution in [2.45, 2.75) is 6.61 Å². The summed E-state index contributed by atoms with van der Waals surface area (Å²) in [6, 6.07) is 16.2. The fourth-order valence-electron chi connectivity index (χ4n) is 3.29. The summed E-state index contributed by atoms with van der Waals surface area (Å²) in [5, 5.41) is 13.1. The molecule has 3 aromatic rings. The normalized spacial score (nSPS) is 14.8. The zero-order valence-electron chi connectivity index (χ0n) is 17.4. The Hall–Kier alpha value is -4.86. The molecule has 9 nitrogen and oxygen atoms in total. The first-order valence-corrected chi connectivity index (χ1v) is 9.95. The smallest absolute Gasteiger partial charge is 0.335 e. The van der Waals surface area contributed by atoms with Crippen molar-refractivity contribution in [3.8, 4) is 5.75 Å². The standard InChI is InChI=1S/C24H16FN3O6/c25-17-8-10-18(11-9-17)27-23(30)20(22(29)26-24(27)31)13-16-5-1-2-7-21(16)34-14-15-4-3-6-19(12-15)28(32)33/h1-13H,14H2,(H,26,29,31)/b20-13+. The van der Waals surface area contributed by atoms with E-state index in [0.29, 0.717) is 16.9 Å². The number of anilines is 1. The molecule has 0 bridgehead atoms. The van der Waals surface area contributed by atoms with Gasteiger partial charge in [-0.1, -0.05) is 30.3 Å². The number of rotatable bonds is 6. The van der Waals surface area contributed by atoms with E-state index >= 15 is 0 Å². The molecule has 0 aliphatic carbocycles. The number of urea groups is 1. The van der Waals surface area contributed by atoms with Gasteiger partial charge in [0.2, 0.25) is 0 Å². The summed E-state index contributed by atoms with van der Waals surface area (Å²) in [6.45, 7) is 0.00218. The maximum atomic E-state index is 13.3. The fraction of sp³-hybridized carbons (Fsp3) is 0.0417. The molecule has 1 aliphatic heterocycles. The van der Waals surface area contributed by atoms with Crippen molar-refractivity contribution in [3.63, 3.8) is 0 Å². The maximum absolute atomic E-state index is 13.3. The number of benzene rings is 3. The monoisotopic (exact) mass is 461 g/mol. The van der Waals surface area contributed by atoms with E-state index in [1.807, 2.05) is 0 Å². The molecule has 0 spiro atoms. The lowest BCUT2D eigenvalue weighted by molar-refractivity contribution is -0.384. The summed E-state index contributed by atoms with van der Waals surface area (Å²) in [6.07, 6.45) is 1.28. The lowest BCUT2D eigenvalue weighted by Crippen LogP contribution is -2.54. The topological polar surface area (TPSA) is 119 Å². The van der Waals surface area contributed by atoms with Crippen LogP contribution in [0, 0.1) is 15.9 Å². The highest BCUT2D eigenvalue weighted by Gasteiger charge is 2.37. The Balaban J connectivity index is 1.62. The maximum Gasteiger partial charge on any atom is 0.335 e. The average molecular weight is 461 g/mol. The minimum absolute atomic E-state index is 0.00218. The zero-order valence-corrected chi connectivity index (χ0v) is 17.4. The van der Waals surface area contributed by atoms with Gasteiger partial charge in [-0.3, -0.25) is 25.0 Å². The van der Waals surface area contributed by atoms with Gasteiger partial charge >= 0.3 is 6.03 Å². The van der Waals surface area contributed by atoms with E-state index in [-0.39, 0.29) is 23.6 Å². The highest BCUT2D eigenvalue weighted by molar-refractivity contribution is 6.39. The number of nitrogens with zero attached hydrogens (tertiary/aromatic N) is 2. The molecule has 10 heteroatoms. The van der Waals surface area contributed by atoms with Crippen LogP contribution in [0.25, 0.3) is 6.08 Å². The van der Waals surface area contributed by atoms with Gasteiger partial charge in [-0.25, -0.2) is 14.1 Å². The van der Waals surface area contributed by atoms with Crippen LogP contribution in [0.5, 0.6) is 5.75 Å². The molecular weight excluding hydrogens is 445 g/mol. The molecule has 0 unspecified atom stereocenters. The number of imide groups is 2. The van der Waals surface area contributed by atoms with Gasteiger partial charge in [0.1, 0.15) is 23.7 Å². The highest BCUT2D eigenvalue weighted by Crippen LogP contribution is 2.26. The molecule has 1 heterocycles. The van der Waals surface area contributed by atoms with E-state index in [9.17, 15) is 28.9 Å². The van der Waals surface area contributed by atoms with E-state index in [4.69, 9.17) is 4.74 Å². The molecule has 0 radical (unpaired) electrons. The predicted molar refractivity (Wildman–Crippen MR) is 119 cm³/mol. The van der Waals surface area contributed by atoms with Gasteiger partial charge in [0.25, 0.3) is 17.5 Å². The van der Waals surface area contributed by atoms with Crippen LogP contribution in [0.1, 0.15) is 11.1 Å². The molecule has 0 atom stereocenters. The number of ether oxygens (including phenoxy) is 1. The number of hydrogen-bond acceptors (Lipinski definition) is 6. The van der Waals surface area contributed by atoms with Crippen LogP contribution in [-0.4, -0.2) is 22.8 Å². The number of nitro groups is 1. The predicted octanol–water partition coefficient (Wildman–Crippen LogP) is 3.98. The highest BCUT2D eigenvalue weighted by atomic mass is 19.1. The second-order valence-electron chi connectivity index (χ2n) is 7.19. The molecule has 34 heavy (non-hydrogen) atoms. The Bertz CT molecular complexity index is 1340. The number of halogens is 1. The lowest BCUT2D eigenvalue weighted by atomic mass is 10.1. The molecular formula is C24H16FN3O6. The third kappa shape index (κ3) is 4.65. The van der Waals surface area contributed by atoms with Crippen LogP contribution < -0.4 is 15.0 Å². The summed E-state index contributed by atoms with van der Waals surface area (Å²) in [5.74, 6) is -2.00. The largest absolute Gasteiger partial charge is 0.488 e. The van der Waals surface area contributed by atoms with Crippen LogP contribution >= 0.6 is 0 Å². The van der Waals surface area contributed by atoms with Crippen LogP contribution in [-0.2, 0) is 16.2 Å². The van der Waals surface area contributed by atoms with E-state index < -0.39 is 28.6 Å². The molecule has 1 aliphatic rings. The van der Waals surface area contributed by atoms with Gasteiger partial charge < -0.3 is 4.74 Å². The number of para-hydroxylation sites is 1. The summed E-state index contributed by atoms with van der Waals surface area (Å²) >= 11 is 0. The third-order valence-corrected chi connectivity index (χ3v) is 4.92. The summed E-state index contributed by atoms with van der Waals surface area (Å²) in [7, 11) is 0. The van der Waals surface area contributed by atoms with Crippen molar-refractivity contribution in [2.75, 3.05) is 4.90 Å². The number of nitrogens with one attached hydrogen (secondary N) is 1. The van der Waals surface area contributed by atoms with Gasteiger partial charge in [-0.2, -0.15) is 0 Å². The van der Waals surface area contributed by atoms with Gasteiger partial charge in [0.05, 0.1) is 10.6 Å². The first kappa shape index (κ1) is 22.3. The van der Waals surface area contributed by atoms with Crippen LogP contribution in [0.4, 0.5) is 20.6 Å². The quantitative estimate of drug-likeness (QED) is 0.257. The van der Waals surface area contributed by atoms with Crippen molar-refractivity contribution in [1.29, 1.82) is 0 Å². The number of barbiturate groups is 1. The minimum Gasteiger partial charge on any atom is -0.488 e. The third-order valence-electron chi connectivity index (χ3n) is 4.92. The fourth-order valence-corrected chi connectivity index (χ4v) is 3.29. The van der Waals surface area contributed by atoms with E-state index in [0.717, 1.165) is 17.0 Å². The van der Waals surface area contributed by atoms with Crippen LogP contribution in [0.3, 0.4) is 0 Å². The molecule has 1 N–H and O–H groups in total. The summed E-state index contributed by atoms with van der Waals surface area (Å²) < 4.78 is 19.0.